The Morgan fingerprint density at radius 2 is 1.94 bits per heavy atom. The van der Waals surface area contributed by atoms with Crippen molar-refractivity contribution >= 4 is 34.8 Å². The molecule has 0 heterocycles. The fraction of sp³-hybridized carbons (Fsp3) is 0.417. The molecule has 0 atom stereocenters. The molecule has 5 heteroatoms. The average Bonchev–Trinajstić information content (AvgIpc) is 2.20. The van der Waals surface area contributed by atoms with Crippen molar-refractivity contribution in [1.82, 2.24) is 0 Å². The molecule has 2 N–H and O–H groups in total. The zero-order valence-electron chi connectivity index (χ0n) is 9.17. The van der Waals surface area contributed by atoms with Crippen LogP contribution in [0.2, 0.25) is 10.0 Å². The highest BCUT2D eigenvalue weighted by atomic mass is 35.5. The molecule has 1 saturated carbocycles. The molecule has 1 aliphatic rings. The molecular formula is C12H13Cl2NO2. The Morgan fingerprint density at radius 1 is 1.35 bits per heavy atom. The van der Waals surface area contributed by atoms with Crippen molar-refractivity contribution in [3.63, 3.8) is 0 Å². The van der Waals surface area contributed by atoms with Gasteiger partial charge in [-0.15, -0.1) is 0 Å². The molecule has 1 amide bonds. The molecule has 0 radical (unpaired) electrons. The Morgan fingerprint density at radius 3 is 2.41 bits per heavy atom. The fourth-order valence-electron chi connectivity index (χ4n) is 1.81. The molecule has 1 fully saturated rings. The van der Waals surface area contributed by atoms with Crippen LogP contribution in [0, 0.1) is 5.92 Å². The van der Waals surface area contributed by atoms with E-state index in [-0.39, 0.29) is 21.7 Å². The minimum absolute atomic E-state index is 0.0347. The summed E-state index contributed by atoms with van der Waals surface area (Å²) < 4.78 is 0. The van der Waals surface area contributed by atoms with Gasteiger partial charge in [-0.05, 0) is 30.9 Å². The molecule has 0 aromatic heterocycles. The number of phenols is 1. The smallest absolute Gasteiger partial charge is 0.224 e. The predicted octanol–water partition coefficient (Wildman–Crippen LogP) is 3.83. The molecule has 17 heavy (non-hydrogen) atoms. The van der Waals surface area contributed by atoms with Crippen molar-refractivity contribution in [2.75, 3.05) is 5.32 Å². The van der Waals surface area contributed by atoms with Crippen molar-refractivity contribution in [3.8, 4) is 5.75 Å². The first-order chi connectivity index (χ1) is 8.06. The molecule has 92 valence electrons. The second-order valence-corrected chi connectivity index (χ2v) is 5.15. The predicted molar refractivity (Wildman–Crippen MR) is 68.7 cm³/mol. The van der Waals surface area contributed by atoms with Gasteiger partial charge in [0.1, 0.15) is 0 Å². The van der Waals surface area contributed by atoms with E-state index in [0.29, 0.717) is 18.0 Å². The van der Waals surface area contributed by atoms with Gasteiger partial charge in [-0.25, -0.2) is 0 Å². The fourth-order valence-corrected chi connectivity index (χ4v) is 2.30. The van der Waals surface area contributed by atoms with Gasteiger partial charge in [-0.1, -0.05) is 29.6 Å². The first-order valence-electron chi connectivity index (χ1n) is 5.54. The maximum atomic E-state index is 11.7. The summed E-state index contributed by atoms with van der Waals surface area (Å²) >= 11 is 11.5. The van der Waals surface area contributed by atoms with Crippen LogP contribution in [0.1, 0.15) is 25.7 Å². The van der Waals surface area contributed by atoms with Crippen LogP contribution >= 0.6 is 23.2 Å². The van der Waals surface area contributed by atoms with Gasteiger partial charge in [-0.3, -0.25) is 4.79 Å². The maximum absolute atomic E-state index is 11.7. The number of nitrogens with one attached hydrogen (secondary N) is 1. The van der Waals surface area contributed by atoms with Gasteiger partial charge in [0.25, 0.3) is 0 Å². The molecule has 1 aliphatic carbocycles. The summed E-state index contributed by atoms with van der Waals surface area (Å²) in [5, 5.41) is 12.4. The van der Waals surface area contributed by atoms with Gasteiger partial charge in [0.05, 0.1) is 10.0 Å². The second-order valence-electron chi connectivity index (χ2n) is 4.34. The maximum Gasteiger partial charge on any atom is 0.224 e. The van der Waals surface area contributed by atoms with E-state index >= 15 is 0 Å². The molecule has 0 aliphatic heterocycles. The Hall–Kier alpha value is -0.930. The number of phenolic OH excluding ortho intramolecular Hbond substituents is 1. The third kappa shape index (κ3) is 3.05. The summed E-state index contributed by atoms with van der Waals surface area (Å²) in [7, 11) is 0. The lowest BCUT2D eigenvalue weighted by atomic mass is 9.83. The summed E-state index contributed by atoms with van der Waals surface area (Å²) in [6.07, 6.45) is 4.01. The monoisotopic (exact) mass is 273 g/mol. The average molecular weight is 274 g/mol. The molecular weight excluding hydrogens is 261 g/mol. The van der Waals surface area contributed by atoms with Gasteiger partial charge in [0, 0.05) is 12.1 Å². The van der Waals surface area contributed by atoms with Crippen LogP contribution in [0.5, 0.6) is 5.75 Å². The number of rotatable bonds is 3. The Bertz CT molecular complexity index is 421. The SMILES string of the molecule is O=C(CC1CCC1)Nc1cc(Cl)c(O)c(Cl)c1. The van der Waals surface area contributed by atoms with Gasteiger partial charge in [0.15, 0.2) is 5.75 Å². The molecule has 0 spiro atoms. The number of aromatic hydroxyl groups is 1. The van der Waals surface area contributed by atoms with Crippen LogP contribution < -0.4 is 5.32 Å². The number of hydrogen-bond acceptors (Lipinski definition) is 2. The largest absolute Gasteiger partial charge is 0.505 e. The van der Waals surface area contributed by atoms with Crippen LogP contribution in [0.25, 0.3) is 0 Å². The normalized spacial score (nSPS) is 15.4. The van der Waals surface area contributed by atoms with Crippen LogP contribution in [-0.4, -0.2) is 11.0 Å². The van der Waals surface area contributed by atoms with Crippen LogP contribution in [-0.2, 0) is 4.79 Å². The molecule has 0 bridgehead atoms. The number of hydrogen-bond donors (Lipinski definition) is 2. The summed E-state index contributed by atoms with van der Waals surface area (Å²) in [6.45, 7) is 0. The number of halogens is 2. The van der Waals surface area contributed by atoms with E-state index in [0.717, 1.165) is 12.8 Å². The lowest BCUT2D eigenvalue weighted by Crippen LogP contribution is -2.20. The molecule has 0 unspecified atom stereocenters. The van der Waals surface area contributed by atoms with Gasteiger partial charge < -0.3 is 10.4 Å². The van der Waals surface area contributed by atoms with Crippen molar-refractivity contribution in [3.05, 3.63) is 22.2 Å². The quantitative estimate of drug-likeness (QED) is 0.823. The number of carbonyl (C=O) groups is 1. The summed E-state index contributed by atoms with van der Waals surface area (Å²) in [5.41, 5.74) is 0.516. The first-order valence-corrected chi connectivity index (χ1v) is 6.29. The summed E-state index contributed by atoms with van der Waals surface area (Å²) in [6, 6.07) is 2.98. The van der Waals surface area contributed by atoms with E-state index in [1.807, 2.05) is 0 Å². The summed E-state index contributed by atoms with van der Waals surface area (Å²) in [5.74, 6) is 0.316. The molecule has 2 rings (SSSR count). The van der Waals surface area contributed by atoms with Gasteiger partial charge in [-0.2, -0.15) is 0 Å². The third-order valence-corrected chi connectivity index (χ3v) is 3.58. The van der Waals surface area contributed by atoms with E-state index in [2.05, 4.69) is 5.32 Å². The van der Waals surface area contributed by atoms with Crippen LogP contribution in [0.15, 0.2) is 12.1 Å². The number of benzene rings is 1. The molecule has 0 saturated heterocycles. The highest BCUT2D eigenvalue weighted by Crippen LogP contribution is 2.35. The van der Waals surface area contributed by atoms with Crippen LogP contribution in [0.4, 0.5) is 5.69 Å². The van der Waals surface area contributed by atoms with Gasteiger partial charge >= 0.3 is 0 Å². The van der Waals surface area contributed by atoms with Crippen LogP contribution in [0.3, 0.4) is 0 Å². The first kappa shape index (κ1) is 12.5. The van der Waals surface area contributed by atoms with E-state index in [1.54, 1.807) is 0 Å². The molecule has 1 aromatic rings. The number of amides is 1. The topological polar surface area (TPSA) is 49.3 Å². The lowest BCUT2D eigenvalue weighted by Gasteiger charge is -2.24. The van der Waals surface area contributed by atoms with Gasteiger partial charge in [0.2, 0.25) is 5.91 Å². The van der Waals surface area contributed by atoms with Crippen molar-refractivity contribution in [2.45, 2.75) is 25.7 Å². The number of anilines is 1. The summed E-state index contributed by atoms with van der Waals surface area (Å²) in [4.78, 5) is 11.7. The molecule has 3 nitrogen and oxygen atoms in total. The minimum Gasteiger partial charge on any atom is -0.505 e. The Labute approximate surface area is 110 Å². The van der Waals surface area contributed by atoms with Crippen molar-refractivity contribution in [1.29, 1.82) is 0 Å². The van der Waals surface area contributed by atoms with Crippen molar-refractivity contribution < 1.29 is 9.90 Å². The standard InChI is InChI=1S/C12H13Cl2NO2/c13-9-5-8(6-10(14)12(9)17)15-11(16)4-7-2-1-3-7/h5-7,17H,1-4H2,(H,15,16). The number of carbonyl (C=O) groups excluding carboxylic acids is 1. The highest BCUT2D eigenvalue weighted by molar-refractivity contribution is 6.37. The van der Waals surface area contributed by atoms with E-state index in [1.165, 1.54) is 18.6 Å². The Kier molecular flexibility index (Phi) is 3.79. The second kappa shape index (κ2) is 5.15. The zero-order valence-corrected chi connectivity index (χ0v) is 10.7. The minimum atomic E-state index is -0.162. The third-order valence-electron chi connectivity index (χ3n) is 3.00. The lowest BCUT2D eigenvalue weighted by molar-refractivity contribution is -0.117. The Balaban J connectivity index is 2.00. The highest BCUT2D eigenvalue weighted by Gasteiger charge is 2.20. The van der Waals surface area contributed by atoms with Crippen molar-refractivity contribution in [2.24, 2.45) is 5.92 Å². The van der Waals surface area contributed by atoms with E-state index in [4.69, 9.17) is 23.2 Å². The zero-order chi connectivity index (χ0) is 12.4. The van der Waals surface area contributed by atoms with E-state index in [9.17, 15) is 9.90 Å². The molecule has 1 aromatic carbocycles. The van der Waals surface area contributed by atoms with E-state index < -0.39 is 0 Å².